The van der Waals surface area contributed by atoms with Crippen LogP contribution in [0, 0.1) is 5.92 Å². The predicted octanol–water partition coefficient (Wildman–Crippen LogP) is 1.47. The van der Waals surface area contributed by atoms with Crippen LogP contribution in [0.25, 0.3) is 0 Å². The smallest absolute Gasteiger partial charge is 0.321 e. The summed E-state index contributed by atoms with van der Waals surface area (Å²) in [6, 6.07) is 8.85. The van der Waals surface area contributed by atoms with E-state index in [0.29, 0.717) is 26.2 Å². The van der Waals surface area contributed by atoms with Gasteiger partial charge in [0.25, 0.3) is 0 Å². The van der Waals surface area contributed by atoms with Gasteiger partial charge >= 0.3 is 6.03 Å². The van der Waals surface area contributed by atoms with Crippen LogP contribution in [0.5, 0.6) is 0 Å². The third kappa shape index (κ3) is 5.45. The molecule has 9 heteroatoms. The lowest BCUT2D eigenvalue weighted by molar-refractivity contribution is -0.127. The molecule has 2 aliphatic rings. The maximum atomic E-state index is 12.7. The third-order valence-corrected chi connectivity index (χ3v) is 6.57. The van der Waals surface area contributed by atoms with E-state index < -0.39 is 10.0 Å². The molecular weight excluding hydrogens is 380 g/mol. The van der Waals surface area contributed by atoms with E-state index in [2.05, 4.69) is 10.6 Å². The Morgan fingerprint density at radius 3 is 2.46 bits per heavy atom. The summed E-state index contributed by atoms with van der Waals surface area (Å²) in [6.45, 7) is 1.80. The lowest BCUT2D eigenvalue weighted by atomic mass is 9.96. The highest BCUT2D eigenvalue weighted by Gasteiger charge is 2.32. The Labute approximate surface area is 166 Å². The van der Waals surface area contributed by atoms with Crippen LogP contribution in [0.1, 0.15) is 25.7 Å². The van der Waals surface area contributed by atoms with E-state index in [1.165, 1.54) is 10.6 Å². The van der Waals surface area contributed by atoms with Crippen molar-refractivity contribution in [3.8, 4) is 0 Å². The fourth-order valence-corrected chi connectivity index (χ4v) is 4.69. The minimum atomic E-state index is -3.25. The standard InChI is InChI=1S/C19H28N4O4S/c1-28(26,27)23-12-6-10-17(14-23)20-18(24)15-7-5-11-22(13-15)19(25)21-16-8-3-2-4-9-16/h2-4,8-9,15,17H,5-7,10-14H2,1H3,(H,20,24)(H,21,25). The maximum Gasteiger partial charge on any atom is 0.321 e. The van der Waals surface area contributed by atoms with Crippen molar-refractivity contribution in [2.75, 3.05) is 37.8 Å². The summed E-state index contributed by atoms with van der Waals surface area (Å²) in [7, 11) is -3.25. The predicted molar refractivity (Wildman–Crippen MR) is 107 cm³/mol. The highest BCUT2D eigenvalue weighted by atomic mass is 32.2. The Morgan fingerprint density at radius 2 is 1.75 bits per heavy atom. The number of urea groups is 1. The normalized spacial score (nSPS) is 23.8. The Hall–Kier alpha value is -2.13. The van der Waals surface area contributed by atoms with E-state index in [1.807, 2.05) is 30.3 Å². The number of para-hydroxylation sites is 1. The van der Waals surface area contributed by atoms with Gasteiger partial charge in [-0.1, -0.05) is 18.2 Å². The van der Waals surface area contributed by atoms with Gasteiger partial charge in [0, 0.05) is 37.9 Å². The zero-order chi connectivity index (χ0) is 20.1. The van der Waals surface area contributed by atoms with E-state index >= 15 is 0 Å². The first-order valence-corrected chi connectivity index (χ1v) is 11.5. The van der Waals surface area contributed by atoms with E-state index in [0.717, 1.165) is 31.4 Å². The van der Waals surface area contributed by atoms with Gasteiger partial charge in [-0.15, -0.1) is 0 Å². The Kier molecular flexibility index (Phi) is 6.56. The summed E-state index contributed by atoms with van der Waals surface area (Å²) in [6.07, 6.45) is 4.18. The molecule has 3 rings (SSSR count). The molecule has 1 aromatic rings. The summed E-state index contributed by atoms with van der Waals surface area (Å²) in [5.74, 6) is -0.374. The van der Waals surface area contributed by atoms with Crippen LogP contribution in [0.15, 0.2) is 30.3 Å². The van der Waals surface area contributed by atoms with Gasteiger partial charge in [-0.05, 0) is 37.8 Å². The minimum absolute atomic E-state index is 0.0995. The molecule has 0 saturated carbocycles. The number of hydrogen-bond acceptors (Lipinski definition) is 4. The fraction of sp³-hybridized carbons (Fsp3) is 0.579. The molecule has 28 heavy (non-hydrogen) atoms. The van der Waals surface area contributed by atoms with Crippen molar-refractivity contribution in [2.24, 2.45) is 5.92 Å². The number of likely N-dealkylation sites (tertiary alicyclic amines) is 1. The zero-order valence-electron chi connectivity index (χ0n) is 16.1. The average molecular weight is 409 g/mol. The Balaban J connectivity index is 1.53. The van der Waals surface area contributed by atoms with Crippen molar-refractivity contribution in [2.45, 2.75) is 31.7 Å². The molecule has 8 nitrogen and oxygen atoms in total. The van der Waals surface area contributed by atoms with Crippen molar-refractivity contribution in [3.63, 3.8) is 0 Å². The quantitative estimate of drug-likeness (QED) is 0.788. The summed E-state index contributed by atoms with van der Waals surface area (Å²) >= 11 is 0. The summed E-state index contributed by atoms with van der Waals surface area (Å²) in [5, 5.41) is 5.85. The molecule has 0 spiro atoms. The molecular formula is C19H28N4O4S. The molecule has 2 saturated heterocycles. The zero-order valence-corrected chi connectivity index (χ0v) is 17.0. The number of nitrogens with one attached hydrogen (secondary N) is 2. The van der Waals surface area contributed by atoms with E-state index in [4.69, 9.17) is 0 Å². The minimum Gasteiger partial charge on any atom is -0.352 e. The second-order valence-electron chi connectivity index (χ2n) is 7.55. The second kappa shape index (κ2) is 8.91. The fourth-order valence-electron chi connectivity index (χ4n) is 3.78. The third-order valence-electron chi connectivity index (χ3n) is 5.30. The molecule has 0 aromatic heterocycles. The topological polar surface area (TPSA) is 98.8 Å². The number of amides is 3. The molecule has 2 unspecified atom stereocenters. The number of hydrogen-bond donors (Lipinski definition) is 2. The Bertz CT molecular complexity index is 799. The van der Waals surface area contributed by atoms with Crippen LogP contribution in [0.4, 0.5) is 10.5 Å². The molecule has 1 aromatic carbocycles. The SMILES string of the molecule is CS(=O)(=O)N1CCCC(NC(=O)C2CCCN(C(=O)Nc3ccccc3)C2)C1. The number of anilines is 1. The molecule has 154 valence electrons. The van der Waals surface area contributed by atoms with Crippen LogP contribution in [-0.4, -0.2) is 68.0 Å². The monoisotopic (exact) mass is 408 g/mol. The first kappa shape index (κ1) is 20.6. The van der Waals surface area contributed by atoms with Crippen LogP contribution in [0.3, 0.4) is 0 Å². The lowest BCUT2D eigenvalue weighted by Gasteiger charge is -2.35. The maximum absolute atomic E-state index is 12.7. The molecule has 0 aliphatic carbocycles. The molecule has 2 heterocycles. The van der Waals surface area contributed by atoms with Crippen molar-refractivity contribution < 1.29 is 18.0 Å². The first-order chi connectivity index (χ1) is 13.3. The summed E-state index contributed by atoms with van der Waals surface area (Å²) < 4.78 is 24.9. The van der Waals surface area contributed by atoms with E-state index in [9.17, 15) is 18.0 Å². The second-order valence-corrected chi connectivity index (χ2v) is 9.53. The highest BCUT2D eigenvalue weighted by Crippen LogP contribution is 2.20. The average Bonchev–Trinajstić information content (AvgIpc) is 2.68. The Morgan fingerprint density at radius 1 is 1.04 bits per heavy atom. The van der Waals surface area contributed by atoms with E-state index in [1.54, 1.807) is 4.90 Å². The molecule has 0 bridgehead atoms. The van der Waals surface area contributed by atoms with Crippen LogP contribution >= 0.6 is 0 Å². The summed E-state index contributed by atoms with van der Waals surface area (Å²) in [5.41, 5.74) is 0.724. The number of sulfonamides is 1. The molecule has 0 radical (unpaired) electrons. The number of rotatable bonds is 4. The van der Waals surface area contributed by atoms with Gasteiger partial charge in [-0.25, -0.2) is 17.5 Å². The van der Waals surface area contributed by atoms with Gasteiger partial charge in [0.15, 0.2) is 0 Å². The molecule has 2 atom stereocenters. The van der Waals surface area contributed by atoms with Crippen molar-refractivity contribution in [1.29, 1.82) is 0 Å². The molecule has 3 amide bonds. The molecule has 2 N–H and O–H groups in total. The number of carbonyl (C=O) groups is 2. The number of nitrogens with zero attached hydrogens (tertiary/aromatic N) is 2. The van der Waals surface area contributed by atoms with Gasteiger partial charge in [-0.2, -0.15) is 0 Å². The van der Waals surface area contributed by atoms with Crippen molar-refractivity contribution in [3.05, 3.63) is 30.3 Å². The van der Waals surface area contributed by atoms with Gasteiger partial charge in [-0.3, -0.25) is 4.79 Å². The van der Waals surface area contributed by atoms with Crippen molar-refractivity contribution >= 4 is 27.6 Å². The van der Waals surface area contributed by atoms with Gasteiger partial charge < -0.3 is 15.5 Å². The highest BCUT2D eigenvalue weighted by molar-refractivity contribution is 7.88. The number of carbonyl (C=O) groups excluding carboxylic acids is 2. The summed E-state index contributed by atoms with van der Waals surface area (Å²) in [4.78, 5) is 26.9. The molecule has 2 fully saturated rings. The number of piperidine rings is 2. The largest absolute Gasteiger partial charge is 0.352 e. The lowest BCUT2D eigenvalue weighted by Crippen LogP contribution is -2.53. The van der Waals surface area contributed by atoms with Crippen molar-refractivity contribution in [1.82, 2.24) is 14.5 Å². The van der Waals surface area contributed by atoms with Gasteiger partial charge in [0.1, 0.15) is 0 Å². The van der Waals surface area contributed by atoms with Crippen LogP contribution in [0.2, 0.25) is 0 Å². The van der Waals surface area contributed by atoms with E-state index in [-0.39, 0.29) is 23.9 Å². The van der Waals surface area contributed by atoms with Gasteiger partial charge in [0.05, 0.1) is 12.2 Å². The van der Waals surface area contributed by atoms with Crippen LogP contribution < -0.4 is 10.6 Å². The number of benzene rings is 1. The first-order valence-electron chi connectivity index (χ1n) is 9.69. The molecule has 2 aliphatic heterocycles. The van der Waals surface area contributed by atoms with Crippen LogP contribution in [-0.2, 0) is 14.8 Å². The van der Waals surface area contributed by atoms with Gasteiger partial charge in [0.2, 0.25) is 15.9 Å².